The normalized spacial score (nSPS) is 16.5. The third-order valence-corrected chi connectivity index (χ3v) is 5.59. The second kappa shape index (κ2) is 9.35. The molecule has 1 aromatic carbocycles. The molecule has 0 aliphatic heterocycles. The van der Waals surface area contributed by atoms with Crippen LogP contribution in [-0.2, 0) is 0 Å². The van der Waals surface area contributed by atoms with E-state index in [1.807, 2.05) is 0 Å². The van der Waals surface area contributed by atoms with Crippen LogP contribution in [0.1, 0.15) is 88.9 Å². The second-order valence-electron chi connectivity index (χ2n) is 7.68. The number of carbonyl (C=O) groups is 1. The van der Waals surface area contributed by atoms with Crippen molar-refractivity contribution >= 4 is 5.78 Å². The lowest BCUT2D eigenvalue weighted by molar-refractivity contribution is 0.0259. The molecule has 1 fully saturated rings. The molecule has 25 heavy (non-hydrogen) atoms. The number of hydrogen-bond acceptors (Lipinski definition) is 2. The summed E-state index contributed by atoms with van der Waals surface area (Å²) in [7, 11) is 0. The first-order chi connectivity index (χ1) is 12.0. The van der Waals surface area contributed by atoms with Gasteiger partial charge < -0.3 is 4.74 Å². The number of ether oxygens (including phenoxy) is 1. The zero-order valence-electron chi connectivity index (χ0n) is 16.1. The van der Waals surface area contributed by atoms with Gasteiger partial charge in [-0.2, -0.15) is 0 Å². The van der Waals surface area contributed by atoms with E-state index in [9.17, 15) is 9.18 Å². The molecule has 0 saturated heterocycles. The Morgan fingerprint density at radius 2 is 1.88 bits per heavy atom. The fraction of sp³-hybridized carbons (Fsp3) is 0.682. The van der Waals surface area contributed by atoms with Gasteiger partial charge in [-0.15, -0.1) is 0 Å². The Balaban J connectivity index is 1.70. The van der Waals surface area contributed by atoms with E-state index in [0.717, 1.165) is 12.3 Å². The van der Waals surface area contributed by atoms with Gasteiger partial charge in [0, 0.05) is 12.5 Å². The van der Waals surface area contributed by atoms with E-state index < -0.39 is 5.82 Å². The molecule has 0 spiro atoms. The highest BCUT2D eigenvalue weighted by Gasteiger charge is 2.41. The van der Waals surface area contributed by atoms with Crippen LogP contribution >= 0.6 is 0 Å². The Hall–Kier alpha value is -1.38. The highest BCUT2D eigenvalue weighted by molar-refractivity contribution is 5.96. The molecule has 140 valence electrons. The largest absolute Gasteiger partial charge is 0.493 e. The van der Waals surface area contributed by atoms with Crippen molar-refractivity contribution in [1.82, 2.24) is 0 Å². The fourth-order valence-corrected chi connectivity index (χ4v) is 4.53. The van der Waals surface area contributed by atoms with E-state index in [1.165, 1.54) is 57.1 Å². The average Bonchev–Trinajstić information content (AvgIpc) is 2.56. The Morgan fingerprint density at radius 3 is 2.44 bits per heavy atom. The molecule has 1 saturated carbocycles. The standard InChI is InChI=1S/C22H33FO2/c1-4-11-22(12-5-2)15-17(16-22)8-7-13-25-18-9-10-19(20(23)14-18)21(24)6-3/h9-10,14,17H,4-8,11-13,15-16H2,1-3H3. The van der Waals surface area contributed by atoms with Gasteiger partial charge in [-0.1, -0.05) is 33.6 Å². The third kappa shape index (κ3) is 5.29. The molecule has 0 atom stereocenters. The summed E-state index contributed by atoms with van der Waals surface area (Å²) in [5.41, 5.74) is 0.785. The maximum Gasteiger partial charge on any atom is 0.165 e. The maximum absolute atomic E-state index is 13.9. The van der Waals surface area contributed by atoms with E-state index >= 15 is 0 Å². The average molecular weight is 349 g/mol. The maximum atomic E-state index is 13.9. The SMILES string of the molecule is CCCC1(CCC)CC(CCCOc2ccc(C(=O)CC)c(F)c2)C1. The van der Waals surface area contributed by atoms with Gasteiger partial charge in [-0.25, -0.2) is 4.39 Å². The van der Waals surface area contributed by atoms with E-state index in [0.29, 0.717) is 24.2 Å². The van der Waals surface area contributed by atoms with Crippen LogP contribution in [0.2, 0.25) is 0 Å². The van der Waals surface area contributed by atoms with E-state index in [-0.39, 0.29) is 11.3 Å². The molecule has 0 N–H and O–H groups in total. The molecule has 0 bridgehead atoms. The van der Waals surface area contributed by atoms with Crippen LogP contribution in [0.3, 0.4) is 0 Å². The van der Waals surface area contributed by atoms with Crippen LogP contribution in [0, 0.1) is 17.2 Å². The Morgan fingerprint density at radius 1 is 1.20 bits per heavy atom. The first-order valence-corrected chi connectivity index (χ1v) is 9.99. The van der Waals surface area contributed by atoms with Crippen LogP contribution in [0.15, 0.2) is 18.2 Å². The minimum absolute atomic E-state index is 0.160. The lowest BCUT2D eigenvalue weighted by Gasteiger charge is -2.48. The molecule has 1 aromatic rings. The van der Waals surface area contributed by atoms with Crippen molar-refractivity contribution < 1.29 is 13.9 Å². The number of hydrogen-bond donors (Lipinski definition) is 0. The van der Waals surface area contributed by atoms with Gasteiger partial charge in [0.25, 0.3) is 0 Å². The summed E-state index contributed by atoms with van der Waals surface area (Å²) in [5, 5.41) is 0. The van der Waals surface area contributed by atoms with Gasteiger partial charge in [0.1, 0.15) is 11.6 Å². The quantitative estimate of drug-likeness (QED) is 0.334. The number of halogens is 1. The highest BCUT2D eigenvalue weighted by atomic mass is 19.1. The Labute approximate surface area is 152 Å². The molecule has 2 rings (SSSR count). The summed E-state index contributed by atoms with van der Waals surface area (Å²) in [6.45, 7) is 6.93. The van der Waals surface area contributed by atoms with Gasteiger partial charge in [0.05, 0.1) is 12.2 Å². The number of rotatable bonds is 11. The molecule has 0 aromatic heterocycles. The lowest BCUT2D eigenvalue weighted by Crippen LogP contribution is -2.37. The van der Waals surface area contributed by atoms with Crippen LogP contribution in [0.25, 0.3) is 0 Å². The van der Waals surface area contributed by atoms with Crippen molar-refractivity contribution in [3.8, 4) is 5.75 Å². The van der Waals surface area contributed by atoms with Gasteiger partial charge >= 0.3 is 0 Å². The van der Waals surface area contributed by atoms with Crippen LogP contribution in [0.5, 0.6) is 5.75 Å². The van der Waals surface area contributed by atoms with Crippen LogP contribution < -0.4 is 4.74 Å². The highest BCUT2D eigenvalue weighted by Crippen LogP contribution is 2.53. The summed E-state index contributed by atoms with van der Waals surface area (Å²) in [6, 6.07) is 4.56. The molecular formula is C22H33FO2. The summed E-state index contributed by atoms with van der Waals surface area (Å²) in [4.78, 5) is 11.6. The van der Waals surface area contributed by atoms with E-state index in [4.69, 9.17) is 4.74 Å². The number of Topliss-reactive ketones (excluding diaryl/α,β-unsaturated/α-hetero) is 1. The molecule has 1 aliphatic carbocycles. The fourth-order valence-electron chi connectivity index (χ4n) is 4.53. The van der Waals surface area contributed by atoms with E-state index in [2.05, 4.69) is 13.8 Å². The summed E-state index contributed by atoms with van der Waals surface area (Å²) >= 11 is 0. The van der Waals surface area contributed by atoms with Crippen molar-refractivity contribution in [2.75, 3.05) is 6.61 Å². The second-order valence-corrected chi connectivity index (χ2v) is 7.68. The molecular weight excluding hydrogens is 315 g/mol. The predicted molar refractivity (Wildman–Crippen MR) is 101 cm³/mol. The topological polar surface area (TPSA) is 26.3 Å². The van der Waals surface area contributed by atoms with Crippen LogP contribution in [0.4, 0.5) is 4.39 Å². The zero-order valence-corrected chi connectivity index (χ0v) is 16.1. The third-order valence-electron chi connectivity index (χ3n) is 5.59. The van der Waals surface area contributed by atoms with Crippen molar-refractivity contribution in [1.29, 1.82) is 0 Å². The van der Waals surface area contributed by atoms with Crippen molar-refractivity contribution in [2.24, 2.45) is 11.3 Å². The Kier molecular flexibility index (Phi) is 7.46. The van der Waals surface area contributed by atoms with Gasteiger partial charge in [0.15, 0.2) is 5.78 Å². The molecule has 1 aliphatic rings. The summed E-state index contributed by atoms with van der Waals surface area (Å²) in [6.07, 6.45) is 10.6. The van der Waals surface area contributed by atoms with Gasteiger partial charge in [-0.3, -0.25) is 4.79 Å². The molecule has 0 amide bonds. The van der Waals surface area contributed by atoms with Gasteiger partial charge in [-0.05, 0) is 62.0 Å². The minimum atomic E-state index is -0.479. The molecule has 2 nitrogen and oxygen atoms in total. The molecule has 0 radical (unpaired) electrons. The number of benzene rings is 1. The molecule has 3 heteroatoms. The summed E-state index contributed by atoms with van der Waals surface area (Å²) in [5.74, 6) is 0.706. The minimum Gasteiger partial charge on any atom is -0.493 e. The van der Waals surface area contributed by atoms with Gasteiger partial charge in [0.2, 0.25) is 0 Å². The van der Waals surface area contributed by atoms with Crippen molar-refractivity contribution in [3.63, 3.8) is 0 Å². The van der Waals surface area contributed by atoms with E-state index in [1.54, 1.807) is 13.0 Å². The number of ketones is 1. The number of carbonyl (C=O) groups excluding carboxylic acids is 1. The van der Waals surface area contributed by atoms with Crippen molar-refractivity contribution in [2.45, 2.75) is 78.6 Å². The zero-order chi connectivity index (χ0) is 18.3. The van der Waals surface area contributed by atoms with Crippen LogP contribution in [-0.4, -0.2) is 12.4 Å². The Bertz CT molecular complexity index is 553. The smallest absolute Gasteiger partial charge is 0.165 e. The monoisotopic (exact) mass is 348 g/mol. The first-order valence-electron chi connectivity index (χ1n) is 9.99. The first kappa shape index (κ1) is 19.9. The molecule has 0 heterocycles. The van der Waals surface area contributed by atoms with Crippen molar-refractivity contribution in [3.05, 3.63) is 29.6 Å². The molecule has 0 unspecified atom stereocenters. The lowest BCUT2D eigenvalue weighted by atomic mass is 9.57. The summed E-state index contributed by atoms with van der Waals surface area (Å²) < 4.78 is 19.6. The predicted octanol–water partition coefficient (Wildman–Crippen LogP) is 6.57.